The van der Waals surface area contributed by atoms with E-state index in [0.717, 1.165) is 48.6 Å². The van der Waals surface area contributed by atoms with Gasteiger partial charge < -0.3 is 30.1 Å². The highest BCUT2D eigenvalue weighted by Crippen LogP contribution is 2.51. The zero-order valence-electron chi connectivity index (χ0n) is 27.8. The molecule has 2 aliphatic rings. The number of alkyl halides is 3. The molecule has 0 atom stereocenters. The number of aliphatic hydroxyl groups excluding tert-OH is 1. The number of amides is 1. The lowest BCUT2D eigenvalue weighted by atomic mass is 9.86. The van der Waals surface area contributed by atoms with E-state index < -0.39 is 28.6 Å². The SMILES string of the molecule is Cc1cc(Nc2ncc(C(F)(F)F)c(Nc3ccccc3C3(CO)CC3)n2)c(OC(C)C)cc1C1CCN(C(=O)OC(C)(C)C)CC1. The molecule has 0 spiro atoms. The van der Waals surface area contributed by atoms with Crippen LogP contribution < -0.4 is 15.4 Å². The Balaban J connectivity index is 1.41. The van der Waals surface area contributed by atoms with Gasteiger partial charge >= 0.3 is 12.3 Å². The van der Waals surface area contributed by atoms with Crippen molar-refractivity contribution in [3.05, 3.63) is 64.8 Å². The number of aryl methyl sites for hydroxylation is 1. The number of nitrogens with zero attached hydrogens (tertiary/aromatic N) is 3. The van der Waals surface area contributed by atoms with Crippen molar-refractivity contribution in [1.82, 2.24) is 14.9 Å². The van der Waals surface area contributed by atoms with Crippen molar-refractivity contribution < 1.29 is 32.5 Å². The van der Waals surface area contributed by atoms with E-state index in [9.17, 15) is 23.1 Å². The first-order valence-corrected chi connectivity index (χ1v) is 16.1. The summed E-state index contributed by atoms with van der Waals surface area (Å²) >= 11 is 0. The lowest BCUT2D eigenvalue weighted by Gasteiger charge is -2.34. The molecule has 12 heteroatoms. The van der Waals surface area contributed by atoms with Gasteiger partial charge in [0.2, 0.25) is 5.95 Å². The second-order valence-corrected chi connectivity index (χ2v) is 13.8. The number of aromatic nitrogens is 2. The number of para-hydroxylation sites is 1. The van der Waals surface area contributed by atoms with E-state index in [2.05, 4.69) is 20.6 Å². The van der Waals surface area contributed by atoms with Crippen molar-refractivity contribution in [3.8, 4) is 5.75 Å². The van der Waals surface area contributed by atoms with E-state index in [4.69, 9.17) is 9.47 Å². The number of nitrogens with one attached hydrogen (secondary N) is 2. The predicted octanol–water partition coefficient (Wildman–Crippen LogP) is 8.22. The minimum Gasteiger partial charge on any atom is -0.489 e. The molecule has 254 valence electrons. The van der Waals surface area contributed by atoms with Crippen LogP contribution in [0.25, 0.3) is 0 Å². The van der Waals surface area contributed by atoms with Crippen molar-refractivity contribution >= 4 is 29.2 Å². The Morgan fingerprint density at radius 3 is 2.36 bits per heavy atom. The molecule has 2 aromatic carbocycles. The van der Waals surface area contributed by atoms with Gasteiger partial charge in [-0.25, -0.2) is 9.78 Å². The number of rotatable bonds is 9. The molecule has 1 aliphatic heterocycles. The first-order chi connectivity index (χ1) is 22.1. The van der Waals surface area contributed by atoms with E-state index in [1.807, 2.05) is 59.7 Å². The van der Waals surface area contributed by atoms with Crippen LogP contribution in [0.5, 0.6) is 5.75 Å². The van der Waals surface area contributed by atoms with Gasteiger partial charge in [-0.3, -0.25) is 0 Å². The van der Waals surface area contributed by atoms with Crippen molar-refractivity contribution in [1.29, 1.82) is 0 Å². The summed E-state index contributed by atoms with van der Waals surface area (Å²) in [6.07, 6.45) is -1.42. The number of hydrogen-bond acceptors (Lipinski definition) is 8. The fourth-order valence-corrected chi connectivity index (χ4v) is 6.00. The molecular weight excluding hydrogens is 611 g/mol. The van der Waals surface area contributed by atoms with Gasteiger partial charge in [0.15, 0.2) is 0 Å². The van der Waals surface area contributed by atoms with Crippen LogP contribution in [0.1, 0.15) is 88.5 Å². The van der Waals surface area contributed by atoms with E-state index >= 15 is 0 Å². The summed E-state index contributed by atoms with van der Waals surface area (Å²) in [6.45, 7) is 12.4. The summed E-state index contributed by atoms with van der Waals surface area (Å²) in [5, 5.41) is 16.0. The number of carbonyl (C=O) groups is 1. The molecule has 0 bridgehead atoms. The number of aliphatic hydroxyl groups is 1. The standard InChI is InChI=1S/C35H44F3N5O4/c1-21(2)46-29-18-24(23-11-15-43(16-12-23)32(45)47-33(4,5)6)22(3)17-28(29)41-31-39-19-26(35(36,37)38)30(42-31)40-27-10-8-7-9-25(27)34(20-44)13-14-34/h7-10,17-19,21,23,44H,11-16,20H2,1-6H3,(H2,39,40,41,42). The first-order valence-electron chi connectivity index (χ1n) is 16.1. The quantitative estimate of drug-likeness (QED) is 0.212. The number of likely N-dealkylation sites (tertiary alicyclic amines) is 1. The predicted molar refractivity (Wildman–Crippen MR) is 175 cm³/mol. The van der Waals surface area contributed by atoms with Crippen LogP contribution in [0, 0.1) is 6.92 Å². The van der Waals surface area contributed by atoms with Gasteiger partial charge in [0, 0.05) is 30.4 Å². The van der Waals surface area contributed by atoms with Crippen LogP contribution in [0.2, 0.25) is 0 Å². The molecule has 0 unspecified atom stereocenters. The van der Waals surface area contributed by atoms with Gasteiger partial charge in [0.1, 0.15) is 22.7 Å². The summed E-state index contributed by atoms with van der Waals surface area (Å²) in [5.74, 6) is 0.279. The van der Waals surface area contributed by atoms with E-state index in [0.29, 0.717) is 30.2 Å². The van der Waals surface area contributed by atoms with Gasteiger partial charge in [-0.05, 0) is 108 Å². The van der Waals surface area contributed by atoms with E-state index in [1.165, 1.54) is 0 Å². The van der Waals surface area contributed by atoms with E-state index in [1.54, 1.807) is 23.1 Å². The molecule has 5 rings (SSSR count). The summed E-state index contributed by atoms with van der Waals surface area (Å²) in [5.41, 5.74) is 1.75. The highest BCUT2D eigenvalue weighted by molar-refractivity contribution is 5.70. The number of anilines is 4. The average molecular weight is 656 g/mol. The molecule has 1 aromatic heterocycles. The van der Waals surface area contributed by atoms with Gasteiger partial charge in [0.25, 0.3) is 0 Å². The van der Waals surface area contributed by atoms with Crippen LogP contribution in [0.3, 0.4) is 0 Å². The van der Waals surface area contributed by atoms with Crippen molar-refractivity contribution in [2.75, 3.05) is 30.3 Å². The summed E-state index contributed by atoms with van der Waals surface area (Å²) in [7, 11) is 0. The third-order valence-corrected chi connectivity index (χ3v) is 8.57. The molecule has 2 fully saturated rings. The van der Waals surface area contributed by atoms with Gasteiger partial charge in [0.05, 0.1) is 18.4 Å². The number of ether oxygens (including phenoxy) is 2. The highest BCUT2D eigenvalue weighted by atomic mass is 19.4. The number of piperidine rings is 1. The molecule has 0 radical (unpaired) electrons. The van der Waals surface area contributed by atoms with Crippen molar-refractivity contribution in [2.24, 2.45) is 0 Å². The molecule has 3 N–H and O–H groups in total. The molecule has 47 heavy (non-hydrogen) atoms. The average Bonchev–Trinajstić information content (AvgIpc) is 3.79. The van der Waals surface area contributed by atoms with Crippen LogP contribution in [0.15, 0.2) is 42.6 Å². The van der Waals surface area contributed by atoms with Gasteiger partial charge in [-0.1, -0.05) is 18.2 Å². The van der Waals surface area contributed by atoms with Crippen molar-refractivity contribution in [2.45, 2.75) is 96.4 Å². The number of halogens is 3. The molecule has 1 saturated heterocycles. The Morgan fingerprint density at radius 2 is 1.77 bits per heavy atom. The molecule has 1 saturated carbocycles. The zero-order chi connectivity index (χ0) is 34.1. The number of carbonyl (C=O) groups excluding carboxylic acids is 1. The second-order valence-electron chi connectivity index (χ2n) is 13.8. The molecule has 1 aliphatic carbocycles. The summed E-state index contributed by atoms with van der Waals surface area (Å²) < 4.78 is 54.1. The minimum absolute atomic E-state index is 0.0345. The number of benzene rings is 2. The normalized spacial score (nSPS) is 16.6. The lowest BCUT2D eigenvalue weighted by Crippen LogP contribution is -2.41. The van der Waals surface area contributed by atoms with Gasteiger partial charge in [-0.15, -0.1) is 0 Å². The Bertz CT molecular complexity index is 1590. The van der Waals surface area contributed by atoms with Crippen molar-refractivity contribution in [3.63, 3.8) is 0 Å². The zero-order valence-corrected chi connectivity index (χ0v) is 27.8. The first kappa shape index (κ1) is 34.3. The molecule has 3 aromatic rings. The largest absolute Gasteiger partial charge is 0.489 e. The molecule has 2 heterocycles. The molecular formula is C35H44F3N5O4. The molecule has 1 amide bonds. The van der Waals surface area contributed by atoms with Crippen LogP contribution in [-0.4, -0.2) is 57.5 Å². The summed E-state index contributed by atoms with van der Waals surface area (Å²) in [6, 6.07) is 10.9. The Labute approximate surface area is 273 Å². The summed E-state index contributed by atoms with van der Waals surface area (Å²) in [4.78, 5) is 22.6. The number of hydrogen-bond donors (Lipinski definition) is 3. The topological polar surface area (TPSA) is 109 Å². The fraction of sp³-hybridized carbons (Fsp3) is 0.514. The maximum Gasteiger partial charge on any atom is 0.421 e. The van der Waals surface area contributed by atoms with E-state index in [-0.39, 0.29) is 30.7 Å². The minimum atomic E-state index is -4.70. The Morgan fingerprint density at radius 1 is 1.09 bits per heavy atom. The molecule has 9 nitrogen and oxygen atoms in total. The van der Waals surface area contributed by atoms with Crippen LogP contribution in [-0.2, 0) is 16.3 Å². The maximum atomic E-state index is 14.1. The maximum absolute atomic E-state index is 14.1. The Kier molecular flexibility index (Phi) is 9.64. The van der Waals surface area contributed by atoms with Crippen LogP contribution >= 0.6 is 0 Å². The van der Waals surface area contributed by atoms with Crippen LogP contribution in [0.4, 0.5) is 41.1 Å². The Hall–Kier alpha value is -4.06. The smallest absolute Gasteiger partial charge is 0.421 e. The third kappa shape index (κ3) is 8.09. The monoisotopic (exact) mass is 655 g/mol. The van der Waals surface area contributed by atoms with Gasteiger partial charge in [-0.2, -0.15) is 18.2 Å². The fourth-order valence-electron chi connectivity index (χ4n) is 6.00. The lowest BCUT2D eigenvalue weighted by molar-refractivity contribution is -0.137. The third-order valence-electron chi connectivity index (χ3n) is 8.57. The second kappa shape index (κ2) is 13.2. The highest BCUT2D eigenvalue weighted by Gasteiger charge is 2.45.